The molecule has 0 saturated heterocycles. The number of sulfonamides is 1. The lowest BCUT2D eigenvalue weighted by atomic mass is 9.98. The van der Waals surface area contributed by atoms with Gasteiger partial charge in [-0.2, -0.15) is 0 Å². The van der Waals surface area contributed by atoms with Crippen LogP contribution in [0.4, 0.5) is 11.4 Å². The van der Waals surface area contributed by atoms with Gasteiger partial charge in [-0.15, -0.1) is 0 Å². The van der Waals surface area contributed by atoms with Gasteiger partial charge in [-0.25, -0.2) is 8.42 Å². The molecule has 0 heterocycles. The van der Waals surface area contributed by atoms with E-state index in [1.54, 1.807) is 42.5 Å². The van der Waals surface area contributed by atoms with Crippen LogP contribution < -0.4 is 15.8 Å². The zero-order chi connectivity index (χ0) is 17.9. The summed E-state index contributed by atoms with van der Waals surface area (Å²) < 4.78 is 27.3. The molecule has 4 N–H and O–H groups in total. The molecule has 2 aromatic carbocycles. The molecule has 0 bridgehead atoms. The van der Waals surface area contributed by atoms with Gasteiger partial charge in [-0.05, 0) is 43.2 Å². The van der Waals surface area contributed by atoms with Crippen molar-refractivity contribution in [1.82, 2.24) is 0 Å². The third-order valence-electron chi connectivity index (χ3n) is 4.37. The Hall–Kier alpha value is -2.38. The molecule has 3 rings (SSSR count). The predicted molar refractivity (Wildman–Crippen MR) is 97.7 cm³/mol. The summed E-state index contributed by atoms with van der Waals surface area (Å²) in [7, 11) is -3.67. The molecule has 25 heavy (non-hydrogen) atoms. The molecule has 0 unspecified atom stereocenters. The third-order valence-corrected chi connectivity index (χ3v) is 5.77. The van der Waals surface area contributed by atoms with Crippen LogP contribution in [-0.2, 0) is 14.8 Å². The number of nitrogens with two attached hydrogens (primary N) is 1. The average molecular weight is 359 g/mol. The Labute approximate surface area is 147 Å². The zero-order valence-corrected chi connectivity index (χ0v) is 14.6. The second-order valence-electron chi connectivity index (χ2n) is 6.32. The normalized spacial score (nSPS) is 16.4. The lowest BCUT2D eigenvalue weighted by molar-refractivity contribution is -0.121. The minimum atomic E-state index is -3.67. The highest BCUT2D eigenvalue weighted by molar-refractivity contribution is 7.92. The van der Waals surface area contributed by atoms with E-state index in [9.17, 15) is 13.2 Å². The van der Waals surface area contributed by atoms with Crippen LogP contribution in [0.5, 0.6) is 0 Å². The van der Waals surface area contributed by atoms with Crippen molar-refractivity contribution in [2.24, 2.45) is 5.73 Å². The molecular formula is C18H21N3O3S. The lowest BCUT2D eigenvalue weighted by Gasteiger charge is -2.22. The Bertz CT molecular complexity index is 860. The van der Waals surface area contributed by atoms with Gasteiger partial charge in [0, 0.05) is 5.69 Å². The molecule has 7 heteroatoms. The van der Waals surface area contributed by atoms with E-state index in [0.717, 1.165) is 12.8 Å². The molecule has 1 aliphatic carbocycles. The summed E-state index contributed by atoms with van der Waals surface area (Å²) in [5.74, 6) is -0.229. The first-order valence-electron chi connectivity index (χ1n) is 8.17. The Morgan fingerprint density at radius 1 is 0.960 bits per heavy atom. The summed E-state index contributed by atoms with van der Waals surface area (Å²) in [6.07, 6.45) is 3.22. The topological polar surface area (TPSA) is 101 Å². The summed E-state index contributed by atoms with van der Waals surface area (Å²) in [4.78, 5) is 12.6. The van der Waals surface area contributed by atoms with Gasteiger partial charge in [-0.1, -0.05) is 37.1 Å². The van der Waals surface area contributed by atoms with Crippen LogP contribution in [0.1, 0.15) is 25.7 Å². The zero-order valence-electron chi connectivity index (χ0n) is 13.7. The number of rotatable bonds is 5. The van der Waals surface area contributed by atoms with Crippen LogP contribution in [0, 0.1) is 0 Å². The van der Waals surface area contributed by atoms with Crippen molar-refractivity contribution >= 4 is 27.3 Å². The first kappa shape index (κ1) is 17.4. The Morgan fingerprint density at radius 3 is 2.28 bits per heavy atom. The molecule has 0 radical (unpaired) electrons. The van der Waals surface area contributed by atoms with Gasteiger partial charge in [0.05, 0.1) is 16.1 Å². The van der Waals surface area contributed by atoms with Crippen molar-refractivity contribution in [2.45, 2.75) is 36.1 Å². The molecule has 2 aromatic rings. The van der Waals surface area contributed by atoms with Crippen LogP contribution in [-0.4, -0.2) is 19.9 Å². The van der Waals surface area contributed by atoms with Crippen molar-refractivity contribution in [2.75, 3.05) is 10.0 Å². The summed E-state index contributed by atoms with van der Waals surface area (Å²) in [6, 6.07) is 14.7. The summed E-state index contributed by atoms with van der Waals surface area (Å²) in [5.41, 5.74) is 6.19. The molecule has 1 fully saturated rings. The van der Waals surface area contributed by atoms with Crippen LogP contribution >= 0.6 is 0 Å². The molecule has 132 valence electrons. The summed E-state index contributed by atoms with van der Waals surface area (Å²) >= 11 is 0. The smallest absolute Gasteiger partial charge is 0.261 e. The maximum atomic E-state index is 12.4. The quantitative estimate of drug-likeness (QED) is 0.764. The van der Waals surface area contributed by atoms with E-state index in [2.05, 4.69) is 10.0 Å². The molecule has 0 atom stereocenters. The van der Waals surface area contributed by atoms with E-state index in [0.29, 0.717) is 24.2 Å². The number of benzene rings is 2. The predicted octanol–water partition coefficient (Wildman–Crippen LogP) is 2.70. The van der Waals surface area contributed by atoms with Crippen molar-refractivity contribution in [3.05, 3.63) is 54.6 Å². The summed E-state index contributed by atoms with van der Waals surface area (Å²) in [5, 5.41) is 2.79. The molecule has 1 saturated carbocycles. The first-order chi connectivity index (χ1) is 11.9. The van der Waals surface area contributed by atoms with E-state index in [1.807, 2.05) is 0 Å². The van der Waals surface area contributed by atoms with Gasteiger partial charge in [0.15, 0.2) is 0 Å². The highest BCUT2D eigenvalue weighted by atomic mass is 32.2. The van der Waals surface area contributed by atoms with Crippen molar-refractivity contribution < 1.29 is 13.2 Å². The first-order valence-corrected chi connectivity index (χ1v) is 9.66. The van der Waals surface area contributed by atoms with Gasteiger partial charge in [0.2, 0.25) is 5.91 Å². The second kappa shape index (κ2) is 6.85. The number of carbonyl (C=O) groups excluding carboxylic acids is 1. The summed E-state index contributed by atoms with van der Waals surface area (Å²) in [6.45, 7) is 0. The largest absolute Gasteiger partial charge is 0.324 e. The minimum absolute atomic E-state index is 0.177. The molecule has 0 spiro atoms. The highest BCUT2D eigenvalue weighted by Gasteiger charge is 2.36. The van der Waals surface area contributed by atoms with Crippen molar-refractivity contribution in [3.8, 4) is 0 Å². The van der Waals surface area contributed by atoms with Gasteiger partial charge < -0.3 is 11.1 Å². The molecule has 1 aliphatic rings. The van der Waals surface area contributed by atoms with E-state index < -0.39 is 15.6 Å². The van der Waals surface area contributed by atoms with Crippen LogP contribution in [0.15, 0.2) is 59.5 Å². The standard InChI is InChI=1S/C18H21N3O3S/c19-18(11-4-5-12-18)17(22)20-14-7-6-8-15(13-14)21-25(23,24)16-9-2-1-3-10-16/h1-3,6-10,13,21H,4-5,11-12,19H2,(H,20,22). The van der Waals surface area contributed by atoms with E-state index in [1.165, 1.54) is 12.1 Å². The van der Waals surface area contributed by atoms with Gasteiger partial charge >= 0.3 is 0 Å². The average Bonchev–Trinajstić information content (AvgIpc) is 3.04. The SMILES string of the molecule is NC1(C(=O)Nc2cccc(NS(=O)(=O)c3ccccc3)c2)CCCC1. The minimum Gasteiger partial charge on any atom is -0.324 e. The van der Waals surface area contributed by atoms with Crippen molar-refractivity contribution in [3.63, 3.8) is 0 Å². The van der Waals surface area contributed by atoms with Gasteiger partial charge in [0.1, 0.15) is 0 Å². The number of anilines is 2. The fourth-order valence-electron chi connectivity index (χ4n) is 2.96. The van der Waals surface area contributed by atoms with Crippen LogP contribution in [0.25, 0.3) is 0 Å². The highest BCUT2D eigenvalue weighted by Crippen LogP contribution is 2.29. The number of hydrogen-bond acceptors (Lipinski definition) is 4. The number of nitrogens with one attached hydrogen (secondary N) is 2. The number of amides is 1. The molecule has 6 nitrogen and oxygen atoms in total. The van der Waals surface area contributed by atoms with E-state index >= 15 is 0 Å². The molecule has 0 aromatic heterocycles. The van der Waals surface area contributed by atoms with Crippen molar-refractivity contribution in [1.29, 1.82) is 0 Å². The Balaban J connectivity index is 1.75. The third kappa shape index (κ3) is 4.00. The maximum absolute atomic E-state index is 12.4. The Kier molecular flexibility index (Phi) is 4.78. The molecular weight excluding hydrogens is 338 g/mol. The van der Waals surface area contributed by atoms with Crippen LogP contribution in [0.2, 0.25) is 0 Å². The van der Waals surface area contributed by atoms with Gasteiger partial charge in [0.25, 0.3) is 10.0 Å². The van der Waals surface area contributed by atoms with Gasteiger partial charge in [-0.3, -0.25) is 9.52 Å². The lowest BCUT2D eigenvalue weighted by Crippen LogP contribution is -2.48. The maximum Gasteiger partial charge on any atom is 0.261 e. The number of carbonyl (C=O) groups is 1. The fourth-order valence-corrected chi connectivity index (χ4v) is 4.03. The Morgan fingerprint density at radius 2 is 1.60 bits per heavy atom. The fraction of sp³-hybridized carbons (Fsp3) is 0.278. The molecule has 0 aliphatic heterocycles. The molecule has 1 amide bonds. The van der Waals surface area contributed by atoms with E-state index in [-0.39, 0.29) is 10.8 Å². The van der Waals surface area contributed by atoms with E-state index in [4.69, 9.17) is 5.73 Å². The number of hydrogen-bond donors (Lipinski definition) is 3. The second-order valence-corrected chi connectivity index (χ2v) is 8.00. The van der Waals surface area contributed by atoms with Crippen LogP contribution in [0.3, 0.4) is 0 Å². The monoisotopic (exact) mass is 359 g/mol.